The smallest absolute Gasteiger partial charge is 0.406 e. The summed E-state index contributed by atoms with van der Waals surface area (Å²) in [5, 5.41) is 10.9. The molecule has 14 heavy (non-hydrogen) atoms. The Hall–Kier alpha value is -0.490. The zero-order valence-corrected chi connectivity index (χ0v) is 7.84. The van der Waals surface area contributed by atoms with Crippen LogP contribution in [0.4, 0.5) is 13.2 Å². The predicted molar refractivity (Wildman–Crippen MR) is 43.3 cm³/mol. The predicted octanol–water partition coefficient (Wildman–Crippen LogP) is 1.18. The van der Waals surface area contributed by atoms with E-state index in [-0.39, 0.29) is 31.8 Å². The Balaban J connectivity index is 0.000000980. The molecule has 3 rings (SSSR count). The minimum absolute atomic E-state index is 0. The van der Waals surface area contributed by atoms with Crippen molar-refractivity contribution in [1.29, 1.82) is 0 Å². The number of nitrogens with one attached hydrogen (secondary N) is 1. The Bertz CT molecular complexity index is 273. The maximum atomic E-state index is 12.4. The maximum Gasteiger partial charge on any atom is 0.406 e. The molecule has 0 aromatic heterocycles. The number of carboxylic acids is 1. The first-order valence-electron chi connectivity index (χ1n) is 3.87. The Morgan fingerprint density at radius 3 is 2.07 bits per heavy atom. The Kier molecular flexibility index (Phi) is 2.28. The van der Waals surface area contributed by atoms with Crippen LogP contribution < -0.4 is 5.32 Å². The second-order valence-electron chi connectivity index (χ2n) is 3.87. The lowest BCUT2D eigenvalue weighted by molar-refractivity contribution is -0.222. The van der Waals surface area contributed by atoms with Crippen molar-refractivity contribution in [2.45, 2.75) is 24.6 Å². The van der Waals surface area contributed by atoms with Crippen molar-refractivity contribution in [2.75, 3.05) is 6.54 Å². The monoisotopic (exact) mass is 231 g/mol. The van der Waals surface area contributed by atoms with Gasteiger partial charge in [0.25, 0.3) is 0 Å². The molecule has 3 fully saturated rings. The number of fused-ring (bicyclic) bond motifs is 1. The van der Waals surface area contributed by atoms with Gasteiger partial charge in [0.15, 0.2) is 0 Å². The van der Waals surface area contributed by atoms with E-state index in [2.05, 4.69) is 5.32 Å². The van der Waals surface area contributed by atoms with Crippen LogP contribution in [0.2, 0.25) is 0 Å². The van der Waals surface area contributed by atoms with Crippen LogP contribution in [-0.2, 0) is 4.79 Å². The van der Waals surface area contributed by atoms with E-state index in [0.29, 0.717) is 0 Å². The van der Waals surface area contributed by atoms with Gasteiger partial charge in [0.1, 0.15) is 5.54 Å². The van der Waals surface area contributed by atoms with Crippen molar-refractivity contribution in [3.8, 4) is 0 Å². The number of halogens is 4. The van der Waals surface area contributed by atoms with Gasteiger partial charge in [0, 0.05) is 6.54 Å². The molecule has 1 aliphatic carbocycles. The molecule has 0 amide bonds. The van der Waals surface area contributed by atoms with E-state index in [4.69, 9.17) is 5.11 Å². The van der Waals surface area contributed by atoms with E-state index in [1.54, 1.807) is 0 Å². The van der Waals surface area contributed by atoms with Gasteiger partial charge in [-0.15, -0.1) is 12.4 Å². The number of carboxylic acid groups (broad SMARTS) is 1. The molecule has 2 saturated heterocycles. The summed E-state index contributed by atoms with van der Waals surface area (Å²) in [6.07, 6.45) is -4.97. The molecule has 2 aliphatic heterocycles. The molecule has 0 unspecified atom stereocenters. The highest BCUT2D eigenvalue weighted by atomic mass is 35.5. The summed E-state index contributed by atoms with van der Waals surface area (Å²) in [7, 11) is 0. The lowest BCUT2D eigenvalue weighted by atomic mass is 9.62. The van der Waals surface area contributed by atoms with Crippen molar-refractivity contribution in [2.24, 2.45) is 5.41 Å². The minimum Gasteiger partial charge on any atom is -0.481 e. The van der Waals surface area contributed by atoms with Crippen LogP contribution in [0.5, 0.6) is 0 Å². The van der Waals surface area contributed by atoms with Gasteiger partial charge in [-0.3, -0.25) is 4.79 Å². The standard InChI is InChI=1S/C7H8F3NO2.ClH/c8-7(9,10)6-1-5(2-6,3-11-6)4(12)13;/h11H,1-3H2,(H,12,13);1H. The van der Waals surface area contributed by atoms with E-state index < -0.39 is 23.1 Å². The fourth-order valence-corrected chi connectivity index (χ4v) is 2.22. The normalized spacial score (nSPS) is 39.9. The molecule has 3 nitrogen and oxygen atoms in total. The van der Waals surface area contributed by atoms with Crippen LogP contribution in [0.25, 0.3) is 0 Å². The summed E-state index contributed by atoms with van der Waals surface area (Å²) in [6, 6.07) is 0. The molecule has 0 aromatic rings. The lowest BCUT2D eigenvalue weighted by Crippen LogP contribution is -2.60. The summed E-state index contributed by atoms with van der Waals surface area (Å²) in [6.45, 7) is -0.0676. The third-order valence-corrected chi connectivity index (χ3v) is 3.04. The van der Waals surface area contributed by atoms with Crippen LogP contribution in [-0.4, -0.2) is 29.3 Å². The van der Waals surface area contributed by atoms with E-state index in [9.17, 15) is 18.0 Å². The van der Waals surface area contributed by atoms with Crippen LogP contribution in [0, 0.1) is 5.41 Å². The number of hydrogen-bond acceptors (Lipinski definition) is 2. The second-order valence-corrected chi connectivity index (χ2v) is 3.87. The average molecular weight is 232 g/mol. The van der Waals surface area contributed by atoms with Crippen molar-refractivity contribution in [3.63, 3.8) is 0 Å². The van der Waals surface area contributed by atoms with Gasteiger partial charge in [-0.2, -0.15) is 13.2 Å². The molecule has 1 saturated carbocycles. The van der Waals surface area contributed by atoms with E-state index in [0.717, 1.165) is 0 Å². The lowest BCUT2D eigenvalue weighted by Gasteiger charge is -2.44. The molecule has 2 heterocycles. The fourth-order valence-electron chi connectivity index (χ4n) is 2.22. The molecule has 2 bridgehead atoms. The first-order chi connectivity index (χ1) is 5.81. The number of rotatable bonds is 1. The van der Waals surface area contributed by atoms with Gasteiger partial charge in [-0.25, -0.2) is 0 Å². The Labute approximate surface area is 84.1 Å². The van der Waals surface area contributed by atoms with Crippen molar-refractivity contribution < 1.29 is 23.1 Å². The largest absolute Gasteiger partial charge is 0.481 e. The quantitative estimate of drug-likeness (QED) is 0.713. The highest BCUT2D eigenvalue weighted by Crippen LogP contribution is 2.60. The first kappa shape index (κ1) is 11.6. The van der Waals surface area contributed by atoms with Crippen LogP contribution in [0.1, 0.15) is 12.8 Å². The third kappa shape index (κ3) is 1.13. The van der Waals surface area contributed by atoms with Gasteiger partial charge >= 0.3 is 12.1 Å². The highest BCUT2D eigenvalue weighted by Gasteiger charge is 2.75. The van der Waals surface area contributed by atoms with Gasteiger partial charge < -0.3 is 10.4 Å². The van der Waals surface area contributed by atoms with Gasteiger partial charge in [-0.1, -0.05) is 0 Å². The van der Waals surface area contributed by atoms with Gasteiger partial charge in [-0.05, 0) is 12.8 Å². The van der Waals surface area contributed by atoms with E-state index >= 15 is 0 Å². The Morgan fingerprint density at radius 2 is 1.86 bits per heavy atom. The SMILES string of the molecule is Cl.O=C(O)C12CNC(C(F)(F)F)(C1)C2. The van der Waals surface area contributed by atoms with Crippen LogP contribution in [0.3, 0.4) is 0 Å². The van der Waals surface area contributed by atoms with Crippen molar-refractivity contribution >= 4 is 18.4 Å². The molecule has 7 heteroatoms. The topological polar surface area (TPSA) is 49.3 Å². The molecular formula is C7H9ClF3NO2. The number of alkyl halides is 3. The molecule has 0 radical (unpaired) electrons. The molecule has 3 aliphatic rings. The van der Waals surface area contributed by atoms with Crippen LogP contribution >= 0.6 is 12.4 Å². The van der Waals surface area contributed by atoms with Crippen LogP contribution in [0.15, 0.2) is 0 Å². The minimum atomic E-state index is -4.33. The number of aliphatic carboxylic acids is 1. The molecular weight excluding hydrogens is 223 g/mol. The number of hydrogen-bond donors (Lipinski definition) is 2. The summed E-state index contributed by atoms with van der Waals surface area (Å²) in [4.78, 5) is 10.6. The molecule has 0 spiro atoms. The Morgan fingerprint density at radius 1 is 1.36 bits per heavy atom. The average Bonchev–Trinajstić information content (AvgIpc) is 2.34. The summed E-state index contributed by atoms with van der Waals surface area (Å²) >= 11 is 0. The van der Waals surface area contributed by atoms with Crippen molar-refractivity contribution in [3.05, 3.63) is 0 Å². The fraction of sp³-hybridized carbons (Fsp3) is 0.857. The molecule has 0 atom stereocenters. The zero-order chi connectivity index (χ0) is 9.91. The third-order valence-electron chi connectivity index (χ3n) is 3.04. The van der Waals surface area contributed by atoms with Gasteiger partial charge in [0.05, 0.1) is 5.41 Å². The molecule has 0 aromatic carbocycles. The molecule has 82 valence electrons. The second kappa shape index (κ2) is 2.76. The van der Waals surface area contributed by atoms with E-state index in [1.165, 1.54) is 0 Å². The number of carbonyl (C=O) groups is 1. The molecule has 2 N–H and O–H groups in total. The van der Waals surface area contributed by atoms with Gasteiger partial charge in [0.2, 0.25) is 0 Å². The first-order valence-corrected chi connectivity index (χ1v) is 3.87. The van der Waals surface area contributed by atoms with E-state index in [1.807, 2.05) is 0 Å². The van der Waals surface area contributed by atoms with Crippen molar-refractivity contribution in [1.82, 2.24) is 5.32 Å². The summed E-state index contributed by atoms with van der Waals surface area (Å²) < 4.78 is 37.1. The maximum absolute atomic E-state index is 12.4. The summed E-state index contributed by atoms with van der Waals surface area (Å²) in [5.74, 6) is -1.13. The summed E-state index contributed by atoms with van der Waals surface area (Å²) in [5.41, 5.74) is -3.07. The zero-order valence-electron chi connectivity index (χ0n) is 7.02. The highest BCUT2D eigenvalue weighted by molar-refractivity contribution is 5.85.